The van der Waals surface area contributed by atoms with Crippen LogP contribution in [0.25, 0.3) is 0 Å². The molecule has 0 aromatic carbocycles. The first kappa shape index (κ1) is 17.4. The minimum atomic E-state index is -0.606. The Hall–Kier alpha value is -0.650. The zero-order chi connectivity index (χ0) is 15.2. The normalized spacial score (nSPS) is 20.3. The van der Waals surface area contributed by atoms with Crippen molar-refractivity contribution in [3.63, 3.8) is 0 Å². The van der Waals surface area contributed by atoms with Crippen LogP contribution < -0.4 is 11.1 Å². The first-order valence-electron chi connectivity index (χ1n) is 7.71. The molecule has 1 heterocycles. The van der Waals surface area contributed by atoms with E-state index in [-0.39, 0.29) is 11.9 Å². The van der Waals surface area contributed by atoms with Crippen molar-refractivity contribution in [3.05, 3.63) is 0 Å². The van der Waals surface area contributed by atoms with Crippen LogP contribution in [0.2, 0.25) is 0 Å². The van der Waals surface area contributed by atoms with Gasteiger partial charge in [-0.3, -0.25) is 4.79 Å². The van der Waals surface area contributed by atoms with Crippen LogP contribution >= 0.6 is 0 Å². The summed E-state index contributed by atoms with van der Waals surface area (Å²) < 4.78 is 5.39. The van der Waals surface area contributed by atoms with Gasteiger partial charge in [0.2, 0.25) is 5.91 Å². The van der Waals surface area contributed by atoms with Gasteiger partial charge in [0, 0.05) is 25.3 Å². The minimum Gasteiger partial charge on any atom is -0.381 e. The molecule has 0 saturated carbocycles. The molecule has 1 rings (SSSR count). The summed E-state index contributed by atoms with van der Waals surface area (Å²) in [5.74, 6) is -0.264. The highest BCUT2D eigenvalue weighted by Crippen LogP contribution is 2.17. The molecule has 3 N–H and O–H groups in total. The second-order valence-electron chi connectivity index (χ2n) is 6.42. The van der Waals surface area contributed by atoms with Crippen molar-refractivity contribution in [3.8, 4) is 0 Å². The van der Waals surface area contributed by atoms with E-state index >= 15 is 0 Å². The number of carbonyl (C=O) groups is 1. The van der Waals surface area contributed by atoms with Crippen LogP contribution in [0.4, 0.5) is 0 Å². The van der Waals surface area contributed by atoms with Gasteiger partial charge in [-0.05, 0) is 60.0 Å². The number of ether oxygens (including phenoxy) is 1. The summed E-state index contributed by atoms with van der Waals surface area (Å²) in [5, 5.41) is 3.30. The van der Waals surface area contributed by atoms with Crippen molar-refractivity contribution in [2.45, 2.75) is 64.1 Å². The molecule has 0 spiro atoms. The minimum absolute atomic E-state index is 0.251. The third-order valence-corrected chi connectivity index (χ3v) is 4.15. The predicted octanol–water partition coefficient (Wildman–Crippen LogP) is 1.12. The lowest BCUT2D eigenvalue weighted by Crippen LogP contribution is -2.55. The summed E-state index contributed by atoms with van der Waals surface area (Å²) in [6, 6.07) is 0.863. The number of rotatable bonds is 8. The Balaban J connectivity index is 2.37. The first-order chi connectivity index (χ1) is 9.35. The molecular weight excluding hydrogens is 254 g/mol. The van der Waals surface area contributed by atoms with Gasteiger partial charge >= 0.3 is 0 Å². The van der Waals surface area contributed by atoms with E-state index in [1.165, 1.54) is 0 Å². The van der Waals surface area contributed by atoms with E-state index in [0.29, 0.717) is 6.04 Å². The predicted molar refractivity (Wildman–Crippen MR) is 81.6 cm³/mol. The van der Waals surface area contributed by atoms with E-state index in [0.717, 1.165) is 45.4 Å². The van der Waals surface area contributed by atoms with Crippen molar-refractivity contribution in [1.29, 1.82) is 0 Å². The maximum Gasteiger partial charge on any atom is 0.237 e. The Morgan fingerprint density at radius 2 is 2.05 bits per heavy atom. The number of nitrogens with one attached hydrogen (secondary N) is 1. The van der Waals surface area contributed by atoms with Gasteiger partial charge in [0.15, 0.2) is 0 Å². The largest absolute Gasteiger partial charge is 0.381 e. The van der Waals surface area contributed by atoms with E-state index < -0.39 is 5.54 Å². The Morgan fingerprint density at radius 3 is 2.55 bits per heavy atom. The van der Waals surface area contributed by atoms with Gasteiger partial charge in [-0.25, -0.2) is 0 Å². The summed E-state index contributed by atoms with van der Waals surface area (Å²) in [6.45, 7) is 8.70. The molecule has 0 aliphatic carbocycles. The number of primary amides is 1. The molecule has 0 radical (unpaired) electrons. The maximum absolute atomic E-state index is 11.7. The van der Waals surface area contributed by atoms with Gasteiger partial charge in [-0.15, -0.1) is 0 Å². The second kappa shape index (κ2) is 7.96. The summed E-state index contributed by atoms with van der Waals surface area (Å²) in [4.78, 5) is 14.1. The molecule has 20 heavy (non-hydrogen) atoms. The molecule has 0 bridgehead atoms. The molecule has 0 aromatic heterocycles. The number of hydrogen-bond acceptors (Lipinski definition) is 4. The van der Waals surface area contributed by atoms with Gasteiger partial charge < -0.3 is 20.7 Å². The Bertz CT molecular complexity index is 303. The van der Waals surface area contributed by atoms with Crippen LogP contribution in [-0.4, -0.2) is 55.2 Å². The summed E-state index contributed by atoms with van der Waals surface area (Å²) in [5.41, 5.74) is 4.94. The number of nitrogens with two attached hydrogens (primary N) is 1. The Labute approximate surface area is 123 Å². The van der Waals surface area contributed by atoms with E-state index in [1.54, 1.807) is 0 Å². The quantitative estimate of drug-likeness (QED) is 0.701. The van der Waals surface area contributed by atoms with Gasteiger partial charge in [-0.2, -0.15) is 0 Å². The molecule has 1 aliphatic heterocycles. The fourth-order valence-electron chi connectivity index (χ4n) is 2.89. The number of hydrogen-bond donors (Lipinski definition) is 2. The second-order valence-corrected chi connectivity index (χ2v) is 6.42. The van der Waals surface area contributed by atoms with Crippen molar-refractivity contribution in [2.24, 2.45) is 5.73 Å². The molecule has 1 saturated heterocycles. The van der Waals surface area contributed by atoms with Crippen LogP contribution in [0.3, 0.4) is 0 Å². The molecule has 5 heteroatoms. The van der Waals surface area contributed by atoms with Gasteiger partial charge in [0.05, 0.1) is 5.54 Å². The van der Waals surface area contributed by atoms with Crippen molar-refractivity contribution >= 4 is 5.91 Å². The molecular formula is C15H31N3O2. The highest BCUT2D eigenvalue weighted by Gasteiger charge is 2.31. The zero-order valence-corrected chi connectivity index (χ0v) is 13.4. The summed E-state index contributed by atoms with van der Waals surface area (Å²) in [7, 11) is 2.16. The van der Waals surface area contributed by atoms with Crippen molar-refractivity contribution in [2.75, 3.05) is 26.8 Å². The van der Waals surface area contributed by atoms with Gasteiger partial charge in [0.25, 0.3) is 0 Å². The standard InChI is InChI=1S/C15H31N3O2/c1-12(2)17-15(3,14(16)19)8-5-9-18(4)13-6-10-20-11-7-13/h12-13,17H,5-11H2,1-4H3,(H2,16,19). The third-order valence-electron chi connectivity index (χ3n) is 4.15. The van der Waals surface area contributed by atoms with Crippen molar-refractivity contribution in [1.82, 2.24) is 10.2 Å². The SMILES string of the molecule is CC(C)NC(C)(CCCN(C)C1CCOCC1)C(N)=O. The van der Waals surface area contributed by atoms with E-state index in [9.17, 15) is 4.79 Å². The van der Waals surface area contributed by atoms with E-state index in [4.69, 9.17) is 10.5 Å². The first-order valence-corrected chi connectivity index (χ1v) is 7.71. The number of carbonyl (C=O) groups excluding carboxylic acids is 1. The molecule has 1 atom stereocenters. The molecule has 1 unspecified atom stereocenters. The zero-order valence-electron chi connectivity index (χ0n) is 13.4. The van der Waals surface area contributed by atoms with Gasteiger partial charge in [-0.1, -0.05) is 0 Å². The monoisotopic (exact) mass is 285 g/mol. The number of amides is 1. The molecule has 1 amide bonds. The highest BCUT2D eigenvalue weighted by molar-refractivity contribution is 5.84. The summed E-state index contributed by atoms with van der Waals surface area (Å²) in [6.07, 6.45) is 3.95. The molecule has 1 fully saturated rings. The fraction of sp³-hybridized carbons (Fsp3) is 0.933. The van der Waals surface area contributed by atoms with Crippen LogP contribution in [0.15, 0.2) is 0 Å². The number of nitrogens with zero attached hydrogens (tertiary/aromatic N) is 1. The lowest BCUT2D eigenvalue weighted by molar-refractivity contribution is -0.124. The average Bonchev–Trinajstić information content (AvgIpc) is 2.38. The highest BCUT2D eigenvalue weighted by atomic mass is 16.5. The van der Waals surface area contributed by atoms with E-state index in [1.807, 2.05) is 20.8 Å². The fourth-order valence-corrected chi connectivity index (χ4v) is 2.89. The smallest absolute Gasteiger partial charge is 0.237 e. The molecule has 0 aromatic rings. The van der Waals surface area contributed by atoms with Gasteiger partial charge in [0.1, 0.15) is 0 Å². The van der Waals surface area contributed by atoms with E-state index in [2.05, 4.69) is 17.3 Å². The van der Waals surface area contributed by atoms with Crippen LogP contribution in [0.5, 0.6) is 0 Å². The topological polar surface area (TPSA) is 67.6 Å². The van der Waals surface area contributed by atoms with Crippen LogP contribution in [-0.2, 0) is 9.53 Å². The Morgan fingerprint density at radius 1 is 1.45 bits per heavy atom. The summed E-state index contributed by atoms with van der Waals surface area (Å²) >= 11 is 0. The van der Waals surface area contributed by atoms with Crippen molar-refractivity contribution < 1.29 is 9.53 Å². The average molecular weight is 285 g/mol. The molecule has 1 aliphatic rings. The molecule has 5 nitrogen and oxygen atoms in total. The van der Waals surface area contributed by atoms with Crippen LogP contribution in [0, 0.1) is 0 Å². The Kier molecular flexibility index (Phi) is 6.92. The lowest BCUT2D eigenvalue weighted by Gasteiger charge is -2.33. The molecule has 118 valence electrons. The lowest BCUT2D eigenvalue weighted by atomic mass is 9.93. The third kappa shape index (κ3) is 5.38. The maximum atomic E-state index is 11.7. The van der Waals surface area contributed by atoms with Crippen LogP contribution in [0.1, 0.15) is 46.5 Å².